The lowest BCUT2D eigenvalue weighted by Crippen LogP contribution is -2.49. The lowest BCUT2D eigenvalue weighted by atomic mass is 9.77. The van der Waals surface area contributed by atoms with Gasteiger partial charge in [0.15, 0.2) is 11.5 Å². The van der Waals surface area contributed by atoms with E-state index in [0.29, 0.717) is 54.2 Å². The van der Waals surface area contributed by atoms with Crippen LogP contribution in [0.15, 0.2) is 63.6 Å². The summed E-state index contributed by atoms with van der Waals surface area (Å²) in [6.45, 7) is 8.10. The maximum Gasteiger partial charge on any atom is 0.329 e. The van der Waals surface area contributed by atoms with Crippen molar-refractivity contribution in [3.8, 4) is 11.5 Å². The van der Waals surface area contributed by atoms with Crippen LogP contribution in [-0.4, -0.2) is 125 Å². The molecule has 346 valence electrons. The highest BCUT2D eigenvalue weighted by Gasteiger charge is 2.34. The third-order valence-corrected chi connectivity index (χ3v) is 13.7. The van der Waals surface area contributed by atoms with Crippen molar-refractivity contribution in [3.05, 3.63) is 65.4 Å². The van der Waals surface area contributed by atoms with E-state index in [9.17, 15) is 23.2 Å². The van der Waals surface area contributed by atoms with Crippen LogP contribution in [0.5, 0.6) is 0 Å². The van der Waals surface area contributed by atoms with E-state index in [2.05, 4.69) is 60.7 Å². The fraction of sp³-hybridized carbons (Fsp3) is 0.543. The van der Waals surface area contributed by atoms with E-state index in [0.717, 1.165) is 81.3 Å². The predicted molar refractivity (Wildman–Crippen MR) is 240 cm³/mol. The molecule has 4 aromatic rings. The Morgan fingerprint density at radius 1 is 1.11 bits per heavy atom. The summed E-state index contributed by atoms with van der Waals surface area (Å²) >= 11 is 0. The minimum absolute atomic E-state index is 0.0808. The van der Waals surface area contributed by atoms with Crippen molar-refractivity contribution in [2.45, 2.75) is 89.4 Å². The number of anilines is 2. The average molecular weight is 897 g/mol. The van der Waals surface area contributed by atoms with Crippen LogP contribution < -0.4 is 26.6 Å². The maximum atomic E-state index is 13.9. The first-order valence-corrected chi connectivity index (χ1v) is 22.9. The highest BCUT2D eigenvalue weighted by atomic mass is 19.3. The van der Waals surface area contributed by atoms with Gasteiger partial charge in [0.1, 0.15) is 17.8 Å². The number of nitrogens with zero attached hydrogens (tertiary/aromatic N) is 8. The van der Waals surface area contributed by atoms with E-state index in [4.69, 9.17) is 20.0 Å². The van der Waals surface area contributed by atoms with Crippen LogP contribution in [0, 0.1) is 17.8 Å². The minimum atomic E-state index is -3.00. The second kappa shape index (κ2) is 19.4. The number of amides is 4. The average Bonchev–Trinajstić information content (AvgIpc) is 3.84. The standard InChI is InChI=1S/C46H58F2N12O5/c1-27-18-32(51-21-36(40(49)42(47)48)53-44(62)37-26-65-45(54-37)29-10-14-50-38(19-29)52-20-28-6-7-28)9-8-30(27)22-57(2)33-11-15-58(16-12-33)23-31-4-3-5-35-41(31)60(34-24-64-25-34)56-43(35)59-17-13-39(61)55-46(59)63/h3-5,10,14,19,21,26-28,30,32-34,42H,6-9,11-13,15-18,20,22-25,49H2,1-2H3,(H,50,52)(H,53,62)(H,55,61,63). The van der Waals surface area contributed by atoms with E-state index < -0.39 is 24.1 Å². The Morgan fingerprint density at radius 2 is 1.92 bits per heavy atom. The number of allylic oxidation sites excluding steroid dienone is 2. The van der Waals surface area contributed by atoms with Gasteiger partial charge in [0.05, 0.1) is 36.5 Å². The lowest BCUT2D eigenvalue weighted by molar-refractivity contribution is -0.120. The van der Waals surface area contributed by atoms with E-state index in [1.165, 1.54) is 25.3 Å². The molecule has 0 spiro atoms. The number of hydrogen-bond acceptors (Lipinski definition) is 13. The summed E-state index contributed by atoms with van der Waals surface area (Å²) in [5.74, 6) is 1.90. The van der Waals surface area contributed by atoms with Crippen LogP contribution in [0.25, 0.3) is 22.4 Å². The van der Waals surface area contributed by atoms with Gasteiger partial charge in [-0.05, 0) is 107 Å². The number of benzene rings is 1. The van der Waals surface area contributed by atoms with Crippen molar-refractivity contribution in [2.24, 2.45) is 28.5 Å². The van der Waals surface area contributed by atoms with Crippen molar-refractivity contribution in [2.75, 3.05) is 63.2 Å². The predicted octanol–water partition coefficient (Wildman–Crippen LogP) is 5.56. The number of hydrogen-bond donors (Lipinski definition) is 4. The zero-order chi connectivity index (χ0) is 45.2. The van der Waals surface area contributed by atoms with Crippen molar-refractivity contribution in [1.29, 1.82) is 0 Å². The molecule has 0 radical (unpaired) electrons. The number of carbonyl (C=O) groups is 3. The molecule has 5 aliphatic rings. The van der Waals surface area contributed by atoms with Crippen LogP contribution in [0.1, 0.15) is 80.4 Å². The van der Waals surface area contributed by atoms with Crippen LogP contribution in [-0.2, 0) is 16.1 Å². The number of ether oxygens (including phenoxy) is 1. The highest BCUT2D eigenvalue weighted by molar-refractivity contribution is 6.09. The molecule has 17 nitrogen and oxygen atoms in total. The molecule has 19 heteroatoms. The number of urea groups is 1. The summed E-state index contributed by atoms with van der Waals surface area (Å²) in [6.07, 6.45) is 8.32. The molecular formula is C46H58F2N12O5. The van der Waals surface area contributed by atoms with Crippen molar-refractivity contribution in [3.63, 3.8) is 0 Å². The quantitative estimate of drug-likeness (QED) is 0.102. The van der Waals surface area contributed by atoms with Gasteiger partial charge in [-0.1, -0.05) is 19.1 Å². The molecule has 3 atom stereocenters. The topological polar surface area (TPSA) is 201 Å². The maximum absolute atomic E-state index is 13.9. The van der Waals surface area contributed by atoms with Gasteiger partial charge in [0.2, 0.25) is 11.8 Å². The van der Waals surface area contributed by atoms with Crippen molar-refractivity contribution in [1.82, 2.24) is 40.2 Å². The number of alkyl halides is 2. The summed E-state index contributed by atoms with van der Waals surface area (Å²) in [5, 5.41) is 14.1. The molecule has 65 heavy (non-hydrogen) atoms. The van der Waals surface area contributed by atoms with Gasteiger partial charge in [-0.25, -0.2) is 23.5 Å². The smallest absolute Gasteiger partial charge is 0.329 e. The number of imide groups is 1. The SMILES string of the molecule is CC1CC(N=CC(NC(=O)c2coc(-c3ccnc(NCC4CC4)c3)n2)=C(N)C(F)F)CCC1CN(C)C1CCN(Cc2cccc3c(N4CCC(=O)NC4=O)nn(C4COC4)c23)CC1. The molecule has 3 aliphatic heterocycles. The Morgan fingerprint density at radius 3 is 2.65 bits per heavy atom. The number of fused-ring (bicyclic) bond motifs is 1. The monoisotopic (exact) mass is 896 g/mol. The van der Waals surface area contributed by atoms with Gasteiger partial charge in [0, 0.05) is 62.0 Å². The number of nitrogens with one attached hydrogen (secondary N) is 3. The van der Waals surface area contributed by atoms with Gasteiger partial charge in [-0.3, -0.25) is 34.4 Å². The lowest BCUT2D eigenvalue weighted by Gasteiger charge is -2.40. The number of rotatable bonds is 16. The molecule has 9 rings (SSSR count). The molecule has 3 aromatic heterocycles. The Labute approximate surface area is 376 Å². The Bertz CT molecular complexity index is 2440. The number of aromatic nitrogens is 4. The summed E-state index contributed by atoms with van der Waals surface area (Å²) in [4.78, 5) is 57.8. The Kier molecular flexibility index (Phi) is 13.2. The molecule has 2 saturated carbocycles. The summed E-state index contributed by atoms with van der Waals surface area (Å²) in [7, 11) is 2.22. The second-order valence-corrected chi connectivity index (χ2v) is 18.4. The zero-order valence-corrected chi connectivity index (χ0v) is 36.9. The number of halogens is 2. The Balaban J connectivity index is 0.767. The summed E-state index contributed by atoms with van der Waals surface area (Å²) in [5.41, 5.74) is 7.48. The van der Waals surface area contributed by atoms with E-state index >= 15 is 0 Å². The van der Waals surface area contributed by atoms with Crippen LogP contribution in [0.3, 0.4) is 0 Å². The number of para-hydroxylation sites is 1. The summed E-state index contributed by atoms with van der Waals surface area (Å²) < 4.78 is 40.9. The molecule has 0 bridgehead atoms. The van der Waals surface area contributed by atoms with Crippen LogP contribution >= 0.6 is 0 Å². The first-order chi connectivity index (χ1) is 31.5. The van der Waals surface area contributed by atoms with E-state index in [1.54, 1.807) is 23.2 Å². The molecule has 1 aromatic carbocycles. The molecule has 2 aliphatic carbocycles. The number of piperidine rings is 1. The van der Waals surface area contributed by atoms with Crippen molar-refractivity contribution < 1.29 is 32.3 Å². The van der Waals surface area contributed by atoms with Crippen LogP contribution in [0.2, 0.25) is 0 Å². The largest absolute Gasteiger partial charge is 0.444 e. The molecule has 5 fully saturated rings. The summed E-state index contributed by atoms with van der Waals surface area (Å²) in [6, 6.07) is 9.66. The molecular weight excluding hydrogens is 839 g/mol. The second-order valence-electron chi connectivity index (χ2n) is 18.4. The highest BCUT2D eigenvalue weighted by Crippen LogP contribution is 2.36. The van der Waals surface area contributed by atoms with Gasteiger partial charge in [-0.2, -0.15) is 5.10 Å². The minimum Gasteiger partial charge on any atom is -0.444 e. The third kappa shape index (κ3) is 10.2. The molecule has 6 heterocycles. The van der Waals surface area contributed by atoms with Gasteiger partial charge >= 0.3 is 6.03 Å². The molecule has 3 saturated heterocycles. The van der Waals surface area contributed by atoms with E-state index in [-0.39, 0.29) is 48.2 Å². The van der Waals surface area contributed by atoms with Gasteiger partial charge in [-0.15, -0.1) is 0 Å². The molecule has 3 unspecified atom stereocenters. The number of aliphatic imine (C=N–C) groups is 1. The first-order valence-electron chi connectivity index (χ1n) is 22.9. The first kappa shape index (κ1) is 44.4. The number of likely N-dealkylation sites (tertiary alicyclic amines) is 1. The van der Waals surface area contributed by atoms with Gasteiger partial charge < -0.3 is 30.4 Å². The fourth-order valence-corrected chi connectivity index (χ4v) is 9.49. The van der Waals surface area contributed by atoms with Crippen molar-refractivity contribution >= 4 is 46.6 Å². The normalized spacial score (nSPS) is 23.0. The van der Waals surface area contributed by atoms with Gasteiger partial charge in [0.25, 0.3) is 12.3 Å². The molecule has 4 amide bonds. The number of pyridine rings is 1. The number of nitrogens with two attached hydrogens (primary N) is 1. The van der Waals surface area contributed by atoms with E-state index in [1.807, 2.05) is 16.8 Å². The number of oxazole rings is 1. The fourth-order valence-electron chi connectivity index (χ4n) is 9.49. The number of carbonyl (C=O) groups excluding carboxylic acids is 3. The van der Waals surface area contributed by atoms with Crippen LogP contribution in [0.4, 0.5) is 25.2 Å². The Hall–Kier alpha value is -5.79. The zero-order valence-electron chi connectivity index (χ0n) is 36.9. The molecule has 5 N–H and O–H groups in total. The third-order valence-electron chi connectivity index (χ3n) is 13.7.